The molecule has 6 aliphatic rings. The van der Waals surface area contributed by atoms with Crippen LogP contribution in [0.4, 0.5) is 0 Å². The minimum absolute atomic E-state index is 1.14. The van der Waals surface area contributed by atoms with Crippen LogP contribution >= 0.6 is 0 Å². The lowest BCUT2D eigenvalue weighted by atomic mass is 10.1. The predicted molar refractivity (Wildman–Crippen MR) is 25.9 cm³/mol. The van der Waals surface area contributed by atoms with Crippen LogP contribution in [0.25, 0.3) is 0 Å². The zero-order chi connectivity index (χ0) is 4.57. The van der Waals surface area contributed by atoms with Gasteiger partial charge in [-0.2, -0.15) is 0 Å². The van der Waals surface area contributed by atoms with Crippen LogP contribution < -0.4 is 0 Å². The fourth-order valence-electron chi connectivity index (χ4n) is 6.16. The van der Waals surface area contributed by atoms with E-state index in [2.05, 4.69) is 0 Å². The summed E-state index contributed by atoms with van der Waals surface area (Å²) in [5, 5.41) is 0. The van der Waals surface area contributed by atoms with Gasteiger partial charge in [0.05, 0.1) is 0 Å². The first-order valence-electron chi connectivity index (χ1n) is 3.93. The largest absolute Gasteiger partial charge is 0.0421 e. The Morgan fingerprint density at radius 1 is 0.875 bits per heavy atom. The molecule has 0 heteroatoms. The molecule has 0 aromatic heterocycles. The zero-order valence-electron chi connectivity index (χ0n) is 4.57. The molecule has 6 rings (SSSR count). The maximum Gasteiger partial charge on any atom is -0.00621 e. The van der Waals surface area contributed by atoms with Gasteiger partial charge < -0.3 is 0 Å². The van der Waals surface area contributed by atoms with Crippen molar-refractivity contribution >= 4 is 0 Å². The minimum atomic E-state index is 1.14. The molecule has 0 amide bonds. The third-order valence-electron chi connectivity index (χ3n) is 6.11. The summed E-state index contributed by atoms with van der Waals surface area (Å²) < 4.78 is 0. The van der Waals surface area contributed by atoms with Gasteiger partial charge in [-0.1, -0.05) is 0 Å². The van der Waals surface area contributed by atoms with Gasteiger partial charge in [-0.05, 0) is 46.3 Å². The maximum absolute atomic E-state index is 1.69. The predicted octanol–water partition coefficient (Wildman–Crippen LogP) is 1.03. The van der Waals surface area contributed by atoms with E-state index in [1.165, 1.54) is 11.8 Å². The van der Waals surface area contributed by atoms with E-state index in [1.54, 1.807) is 12.8 Å². The second-order valence-electron chi connectivity index (χ2n) is 5.07. The maximum atomic E-state index is 1.69. The van der Waals surface area contributed by atoms with Crippen molar-refractivity contribution in [1.82, 2.24) is 0 Å². The highest BCUT2D eigenvalue weighted by atomic mass is 15.5. The molecular weight excluding hydrogens is 96.1 g/mol. The lowest BCUT2D eigenvalue weighted by Gasteiger charge is -1.94. The molecule has 0 radical (unpaired) electrons. The molecule has 0 aromatic carbocycles. The Kier molecular flexibility index (Phi) is 0.0714. The van der Waals surface area contributed by atoms with Crippen LogP contribution in [0.1, 0.15) is 12.8 Å². The van der Waals surface area contributed by atoms with Crippen molar-refractivity contribution in [3.8, 4) is 0 Å². The molecule has 6 aliphatic carbocycles. The summed E-state index contributed by atoms with van der Waals surface area (Å²) in [6, 6.07) is 0. The van der Waals surface area contributed by atoms with Crippen LogP contribution in [0.2, 0.25) is 0 Å². The second-order valence-corrected chi connectivity index (χ2v) is 5.07. The average molecular weight is 102 g/mol. The fourth-order valence-corrected chi connectivity index (χ4v) is 6.16. The number of rotatable bonds is 0. The van der Waals surface area contributed by atoms with E-state index < -0.39 is 0 Å². The molecule has 6 saturated carbocycles. The first-order valence-corrected chi connectivity index (χ1v) is 3.93. The van der Waals surface area contributed by atoms with Gasteiger partial charge in [-0.15, -0.1) is 0 Å². The summed E-state index contributed by atoms with van der Waals surface area (Å²) >= 11 is 0. The Bertz CT molecular complexity index is 272. The second kappa shape index (κ2) is 0.246. The lowest BCUT2D eigenvalue weighted by Crippen LogP contribution is -1.90. The van der Waals surface area contributed by atoms with Crippen LogP contribution in [0, 0.1) is 33.5 Å². The molecule has 0 nitrogen and oxygen atoms in total. The van der Waals surface area contributed by atoms with E-state index in [-0.39, 0.29) is 0 Å². The van der Waals surface area contributed by atoms with Crippen molar-refractivity contribution in [1.29, 1.82) is 0 Å². The molecule has 0 heterocycles. The van der Waals surface area contributed by atoms with E-state index in [0.717, 1.165) is 21.7 Å². The molecule has 0 N–H and O–H groups in total. The molecule has 0 aliphatic heterocycles. The van der Waals surface area contributed by atoms with Crippen molar-refractivity contribution in [2.24, 2.45) is 33.5 Å². The van der Waals surface area contributed by atoms with E-state index in [9.17, 15) is 0 Å². The Labute approximate surface area is 47.3 Å². The fraction of sp³-hybridized carbons (Fsp3) is 1.00. The van der Waals surface area contributed by atoms with Crippen LogP contribution in [-0.2, 0) is 0 Å². The lowest BCUT2D eigenvalue weighted by molar-refractivity contribution is 0.522. The van der Waals surface area contributed by atoms with Gasteiger partial charge in [-0.25, -0.2) is 0 Å². The smallest absolute Gasteiger partial charge is 0.00621 e. The Morgan fingerprint density at radius 2 is 1.38 bits per heavy atom. The standard InChI is InChI=1S/C8H6/c1-3-5(1)7(3)6-2-4(6)8(5,6)7/h3-4H,1-2H2. The zero-order valence-corrected chi connectivity index (χ0v) is 4.57. The van der Waals surface area contributed by atoms with E-state index >= 15 is 0 Å². The molecule has 0 saturated heterocycles. The summed E-state index contributed by atoms with van der Waals surface area (Å²) in [5.41, 5.74) is 4.61. The first-order chi connectivity index (χ1) is 3.93. The number of hydrogen-bond donors (Lipinski definition) is 0. The molecule has 4 spiro atoms. The Morgan fingerprint density at radius 3 is 1.50 bits per heavy atom. The van der Waals surface area contributed by atoms with Gasteiger partial charge in [-0.3, -0.25) is 0 Å². The number of hydrogen-bond acceptors (Lipinski definition) is 0. The van der Waals surface area contributed by atoms with Crippen LogP contribution in [0.15, 0.2) is 0 Å². The van der Waals surface area contributed by atoms with Crippen LogP contribution in [0.3, 0.4) is 0 Å². The monoisotopic (exact) mass is 102 g/mol. The minimum Gasteiger partial charge on any atom is -0.0421 e. The summed E-state index contributed by atoms with van der Waals surface area (Å²) in [7, 11) is 0. The normalized spacial score (nSPS) is 129. The van der Waals surface area contributed by atoms with Gasteiger partial charge in [0.1, 0.15) is 0 Å². The SMILES string of the molecule is C1C2C13C21C24CC2C341. The third-order valence-corrected chi connectivity index (χ3v) is 6.11. The molecule has 8 heavy (non-hydrogen) atoms. The molecular formula is C8H6. The van der Waals surface area contributed by atoms with Crippen molar-refractivity contribution in [2.45, 2.75) is 12.8 Å². The first kappa shape index (κ1) is 2.32. The topological polar surface area (TPSA) is 0 Å². The van der Waals surface area contributed by atoms with Crippen LogP contribution in [0.5, 0.6) is 0 Å². The van der Waals surface area contributed by atoms with Gasteiger partial charge in [0.25, 0.3) is 0 Å². The van der Waals surface area contributed by atoms with Crippen LogP contribution in [-0.4, -0.2) is 0 Å². The van der Waals surface area contributed by atoms with Crippen molar-refractivity contribution < 1.29 is 0 Å². The molecule has 0 bridgehead atoms. The van der Waals surface area contributed by atoms with Crippen molar-refractivity contribution in [3.63, 3.8) is 0 Å². The van der Waals surface area contributed by atoms with Gasteiger partial charge in [0, 0.05) is 0 Å². The Balaban J connectivity index is 2.07. The highest BCUT2D eigenvalue weighted by Gasteiger charge is 3.47. The molecule has 2 atom stereocenters. The molecule has 2 unspecified atom stereocenters. The third kappa shape index (κ3) is 0.0334. The van der Waals surface area contributed by atoms with E-state index in [0.29, 0.717) is 0 Å². The van der Waals surface area contributed by atoms with Gasteiger partial charge in [0.2, 0.25) is 0 Å². The van der Waals surface area contributed by atoms with Gasteiger partial charge in [0.15, 0.2) is 0 Å². The summed E-state index contributed by atoms with van der Waals surface area (Å²) in [5.74, 6) is 2.68. The van der Waals surface area contributed by atoms with E-state index in [4.69, 9.17) is 0 Å². The summed E-state index contributed by atoms with van der Waals surface area (Å²) in [6.07, 6.45) is 3.37. The van der Waals surface area contributed by atoms with E-state index in [1.807, 2.05) is 0 Å². The summed E-state index contributed by atoms with van der Waals surface area (Å²) in [4.78, 5) is 0. The average Bonchev–Trinajstić information content (AvgIpc) is 2.39. The molecule has 0 aromatic rings. The highest BCUT2D eigenvalue weighted by molar-refractivity contribution is 5.92. The van der Waals surface area contributed by atoms with Crippen molar-refractivity contribution in [2.75, 3.05) is 0 Å². The molecule has 6 fully saturated rings. The summed E-state index contributed by atoms with van der Waals surface area (Å²) in [6.45, 7) is 0. The highest BCUT2D eigenvalue weighted by Crippen LogP contribution is 3.49. The molecule has 38 valence electrons. The Hall–Kier alpha value is 0. The van der Waals surface area contributed by atoms with Crippen molar-refractivity contribution in [3.05, 3.63) is 0 Å². The quantitative estimate of drug-likeness (QED) is 0.428. The van der Waals surface area contributed by atoms with Gasteiger partial charge >= 0.3 is 0 Å².